The highest BCUT2D eigenvalue weighted by atomic mass is 32.1. The molecule has 152 valence electrons. The van der Waals surface area contributed by atoms with E-state index in [1.807, 2.05) is 42.2 Å². The number of hydrogen-bond donors (Lipinski definition) is 0. The highest BCUT2D eigenvalue weighted by Gasteiger charge is 2.25. The number of aromatic nitrogens is 3. The first-order valence-corrected chi connectivity index (χ1v) is 10.6. The SMILES string of the molecule is Cc1nn(-c2ccc(F)cc2)c2nc(N3CCN(C(=O)c4ccccc4)CC3)sc12. The van der Waals surface area contributed by atoms with Crippen molar-refractivity contribution in [3.8, 4) is 5.69 Å². The first-order valence-electron chi connectivity index (χ1n) is 9.81. The number of carbonyl (C=O) groups excluding carboxylic acids is 1. The van der Waals surface area contributed by atoms with Gasteiger partial charge in [0.2, 0.25) is 0 Å². The molecule has 1 aliphatic rings. The molecule has 5 rings (SSSR count). The van der Waals surface area contributed by atoms with Crippen LogP contribution >= 0.6 is 11.3 Å². The monoisotopic (exact) mass is 421 g/mol. The molecule has 0 aliphatic carbocycles. The van der Waals surface area contributed by atoms with Crippen molar-refractivity contribution in [2.75, 3.05) is 31.1 Å². The Hall–Kier alpha value is -3.26. The summed E-state index contributed by atoms with van der Waals surface area (Å²) in [5, 5.41) is 5.50. The molecular weight excluding hydrogens is 401 g/mol. The molecule has 8 heteroatoms. The minimum atomic E-state index is -0.277. The average molecular weight is 422 g/mol. The van der Waals surface area contributed by atoms with Crippen LogP contribution < -0.4 is 4.90 Å². The summed E-state index contributed by atoms with van der Waals surface area (Å²) in [5.74, 6) is -0.205. The minimum absolute atomic E-state index is 0.0716. The lowest BCUT2D eigenvalue weighted by Crippen LogP contribution is -2.48. The Morgan fingerprint density at radius 2 is 1.70 bits per heavy atom. The van der Waals surface area contributed by atoms with Gasteiger partial charge in [-0.3, -0.25) is 4.79 Å². The van der Waals surface area contributed by atoms with Crippen LogP contribution in [0.4, 0.5) is 9.52 Å². The van der Waals surface area contributed by atoms with E-state index in [-0.39, 0.29) is 11.7 Å². The van der Waals surface area contributed by atoms with Crippen molar-refractivity contribution in [2.45, 2.75) is 6.92 Å². The third-order valence-electron chi connectivity index (χ3n) is 5.31. The fraction of sp³-hybridized carbons (Fsp3) is 0.227. The predicted molar refractivity (Wildman–Crippen MR) is 116 cm³/mol. The topological polar surface area (TPSA) is 54.3 Å². The Kier molecular flexibility index (Phi) is 4.71. The summed E-state index contributed by atoms with van der Waals surface area (Å²) in [6.45, 7) is 4.75. The molecule has 0 spiro atoms. The number of nitrogens with zero attached hydrogens (tertiary/aromatic N) is 5. The van der Waals surface area contributed by atoms with Crippen LogP contribution in [0.2, 0.25) is 0 Å². The molecule has 0 unspecified atom stereocenters. The van der Waals surface area contributed by atoms with Crippen molar-refractivity contribution in [2.24, 2.45) is 0 Å². The lowest BCUT2D eigenvalue weighted by molar-refractivity contribution is 0.0747. The fourth-order valence-electron chi connectivity index (χ4n) is 3.68. The molecule has 1 fully saturated rings. The number of rotatable bonds is 3. The maximum atomic E-state index is 13.3. The fourth-order valence-corrected chi connectivity index (χ4v) is 4.72. The normalized spacial score (nSPS) is 14.5. The summed E-state index contributed by atoms with van der Waals surface area (Å²) < 4.78 is 16.1. The van der Waals surface area contributed by atoms with Gasteiger partial charge in [0.1, 0.15) is 5.82 Å². The van der Waals surface area contributed by atoms with Crippen molar-refractivity contribution in [3.05, 3.63) is 71.7 Å². The first-order chi connectivity index (χ1) is 14.6. The molecule has 3 heterocycles. The third kappa shape index (κ3) is 3.33. The van der Waals surface area contributed by atoms with E-state index in [0.717, 1.165) is 45.5 Å². The maximum Gasteiger partial charge on any atom is 0.253 e. The molecule has 6 nitrogen and oxygen atoms in total. The Morgan fingerprint density at radius 1 is 1.00 bits per heavy atom. The number of benzene rings is 2. The van der Waals surface area contributed by atoms with Gasteiger partial charge in [0.15, 0.2) is 10.8 Å². The Morgan fingerprint density at radius 3 is 2.40 bits per heavy atom. The molecule has 2 aromatic carbocycles. The van der Waals surface area contributed by atoms with E-state index in [0.29, 0.717) is 13.1 Å². The van der Waals surface area contributed by atoms with Crippen LogP contribution in [0.15, 0.2) is 54.6 Å². The zero-order valence-electron chi connectivity index (χ0n) is 16.5. The third-order valence-corrected chi connectivity index (χ3v) is 6.52. The lowest BCUT2D eigenvalue weighted by atomic mass is 10.2. The molecule has 0 atom stereocenters. The largest absolute Gasteiger partial charge is 0.344 e. The van der Waals surface area contributed by atoms with Crippen LogP contribution in [0.3, 0.4) is 0 Å². The summed E-state index contributed by atoms with van der Waals surface area (Å²) in [5.41, 5.74) is 3.18. The number of thiazole rings is 1. The number of amides is 1. The van der Waals surface area contributed by atoms with E-state index in [1.165, 1.54) is 12.1 Å². The van der Waals surface area contributed by atoms with Crippen molar-refractivity contribution in [3.63, 3.8) is 0 Å². The second-order valence-corrected chi connectivity index (χ2v) is 8.25. The van der Waals surface area contributed by atoms with Crippen molar-refractivity contribution >= 4 is 32.7 Å². The van der Waals surface area contributed by atoms with Crippen LogP contribution in [-0.2, 0) is 0 Å². The number of halogens is 1. The molecule has 1 amide bonds. The van der Waals surface area contributed by atoms with Gasteiger partial charge in [-0.25, -0.2) is 9.07 Å². The molecule has 4 aromatic rings. The quantitative estimate of drug-likeness (QED) is 0.504. The van der Waals surface area contributed by atoms with E-state index in [4.69, 9.17) is 4.98 Å². The highest BCUT2D eigenvalue weighted by molar-refractivity contribution is 7.22. The van der Waals surface area contributed by atoms with Gasteiger partial charge in [0.25, 0.3) is 5.91 Å². The Bertz CT molecular complexity index is 1190. The standard InChI is InChI=1S/C22H20FN5OS/c1-15-19-20(28(25-15)18-9-7-17(23)8-10-18)24-22(30-19)27-13-11-26(12-14-27)21(29)16-5-3-2-4-6-16/h2-10H,11-14H2,1H3. The van der Waals surface area contributed by atoms with E-state index in [9.17, 15) is 9.18 Å². The number of piperazine rings is 1. The predicted octanol–water partition coefficient (Wildman–Crippen LogP) is 3.89. The molecule has 0 bridgehead atoms. The smallest absolute Gasteiger partial charge is 0.253 e. The number of aryl methyl sites for hydroxylation is 1. The summed E-state index contributed by atoms with van der Waals surface area (Å²) in [4.78, 5) is 21.6. The van der Waals surface area contributed by atoms with E-state index in [2.05, 4.69) is 10.00 Å². The zero-order chi connectivity index (χ0) is 20.7. The van der Waals surface area contributed by atoms with Crippen molar-refractivity contribution in [1.29, 1.82) is 0 Å². The highest BCUT2D eigenvalue weighted by Crippen LogP contribution is 2.33. The van der Waals surface area contributed by atoms with Crippen LogP contribution in [0.1, 0.15) is 16.1 Å². The van der Waals surface area contributed by atoms with Gasteiger partial charge < -0.3 is 9.80 Å². The van der Waals surface area contributed by atoms with Crippen LogP contribution in [0.25, 0.3) is 16.0 Å². The summed E-state index contributed by atoms with van der Waals surface area (Å²) in [6.07, 6.45) is 0. The molecule has 30 heavy (non-hydrogen) atoms. The first kappa shape index (κ1) is 18.7. The average Bonchev–Trinajstić information content (AvgIpc) is 3.35. The maximum absolute atomic E-state index is 13.3. The molecule has 1 saturated heterocycles. The second kappa shape index (κ2) is 7.53. The zero-order valence-corrected chi connectivity index (χ0v) is 17.3. The minimum Gasteiger partial charge on any atom is -0.344 e. The number of fused-ring (bicyclic) bond motifs is 1. The number of hydrogen-bond acceptors (Lipinski definition) is 5. The van der Waals surface area contributed by atoms with Gasteiger partial charge in [-0.2, -0.15) is 10.1 Å². The van der Waals surface area contributed by atoms with E-state index in [1.54, 1.807) is 28.2 Å². The van der Waals surface area contributed by atoms with Gasteiger partial charge in [0.05, 0.1) is 16.1 Å². The van der Waals surface area contributed by atoms with Crippen molar-refractivity contribution < 1.29 is 9.18 Å². The number of carbonyl (C=O) groups is 1. The molecule has 0 saturated carbocycles. The summed E-state index contributed by atoms with van der Waals surface area (Å²) in [7, 11) is 0. The molecule has 2 aromatic heterocycles. The van der Waals surface area contributed by atoms with Gasteiger partial charge in [-0.1, -0.05) is 29.5 Å². The van der Waals surface area contributed by atoms with Crippen LogP contribution in [0, 0.1) is 12.7 Å². The molecule has 0 N–H and O–H groups in total. The van der Waals surface area contributed by atoms with E-state index < -0.39 is 0 Å². The summed E-state index contributed by atoms with van der Waals surface area (Å²) in [6, 6.07) is 15.6. The van der Waals surface area contributed by atoms with Crippen LogP contribution in [0.5, 0.6) is 0 Å². The van der Waals surface area contributed by atoms with Crippen molar-refractivity contribution in [1.82, 2.24) is 19.7 Å². The van der Waals surface area contributed by atoms with Gasteiger partial charge in [0, 0.05) is 31.7 Å². The van der Waals surface area contributed by atoms with Gasteiger partial charge >= 0.3 is 0 Å². The summed E-state index contributed by atoms with van der Waals surface area (Å²) >= 11 is 1.61. The van der Waals surface area contributed by atoms with Gasteiger partial charge in [-0.15, -0.1) is 0 Å². The number of anilines is 1. The van der Waals surface area contributed by atoms with Gasteiger partial charge in [-0.05, 0) is 43.3 Å². The Balaban J connectivity index is 1.36. The van der Waals surface area contributed by atoms with E-state index >= 15 is 0 Å². The second-order valence-electron chi connectivity index (χ2n) is 7.27. The molecule has 1 aliphatic heterocycles. The Labute approximate surface area is 177 Å². The van der Waals surface area contributed by atoms with Crippen LogP contribution in [-0.4, -0.2) is 51.8 Å². The molecular formula is C22H20FN5OS. The lowest BCUT2D eigenvalue weighted by Gasteiger charge is -2.34. The molecule has 0 radical (unpaired) electrons.